The summed E-state index contributed by atoms with van der Waals surface area (Å²) in [5.41, 5.74) is 1.50. The van der Waals surface area contributed by atoms with E-state index in [9.17, 15) is 9.59 Å². The molecule has 28 heavy (non-hydrogen) atoms. The lowest BCUT2D eigenvalue weighted by molar-refractivity contribution is -0.143. The molecule has 3 heterocycles. The van der Waals surface area contributed by atoms with E-state index in [1.807, 2.05) is 31.4 Å². The van der Waals surface area contributed by atoms with Crippen LogP contribution in [0, 0.1) is 0 Å². The van der Waals surface area contributed by atoms with Crippen LogP contribution in [0.2, 0.25) is 5.02 Å². The van der Waals surface area contributed by atoms with E-state index in [4.69, 9.17) is 16.3 Å². The van der Waals surface area contributed by atoms with Crippen LogP contribution >= 0.6 is 22.9 Å². The van der Waals surface area contributed by atoms with Gasteiger partial charge in [0.25, 0.3) is 5.56 Å². The third-order valence-corrected chi connectivity index (χ3v) is 5.93. The zero-order valence-corrected chi connectivity index (χ0v) is 17.2. The summed E-state index contributed by atoms with van der Waals surface area (Å²) in [6, 6.07) is 7.34. The van der Waals surface area contributed by atoms with Crippen molar-refractivity contribution in [1.29, 1.82) is 0 Å². The molecule has 0 saturated carbocycles. The molecule has 0 aliphatic carbocycles. The largest absolute Gasteiger partial charge is 0.372 e. The number of carbonyl (C=O) groups excluding carboxylic acids is 1. The van der Waals surface area contributed by atoms with Crippen molar-refractivity contribution in [2.75, 3.05) is 13.1 Å². The van der Waals surface area contributed by atoms with Crippen LogP contribution in [0.3, 0.4) is 0 Å². The predicted molar refractivity (Wildman–Crippen MR) is 111 cm³/mol. The van der Waals surface area contributed by atoms with Crippen LogP contribution in [0.25, 0.3) is 21.3 Å². The smallest absolute Gasteiger partial charge is 0.263 e. The number of thiophene rings is 1. The van der Waals surface area contributed by atoms with Gasteiger partial charge >= 0.3 is 0 Å². The van der Waals surface area contributed by atoms with Gasteiger partial charge in [-0.25, -0.2) is 4.98 Å². The Morgan fingerprint density at radius 1 is 1.25 bits per heavy atom. The van der Waals surface area contributed by atoms with Crippen molar-refractivity contribution in [3.05, 3.63) is 51.3 Å². The van der Waals surface area contributed by atoms with Crippen LogP contribution in [-0.4, -0.2) is 45.7 Å². The Bertz CT molecular complexity index is 1070. The molecule has 8 heteroatoms. The van der Waals surface area contributed by atoms with Crippen molar-refractivity contribution < 1.29 is 9.53 Å². The standard InChI is InChI=1S/C20H20ClN3O3S/c1-12-7-23(8-13(2)27-12)17(25)9-24-11-22-19-18(20(24)26)16(10-28-19)14-3-5-15(21)6-4-14/h3-6,10-13H,7-9H2,1-2H3/t12-,13-/m0/s1. The van der Waals surface area contributed by atoms with E-state index in [1.54, 1.807) is 17.0 Å². The van der Waals surface area contributed by atoms with Crippen LogP contribution in [0.5, 0.6) is 0 Å². The fourth-order valence-corrected chi connectivity index (χ4v) is 4.58. The van der Waals surface area contributed by atoms with Gasteiger partial charge in [-0.15, -0.1) is 11.3 Å². The quantitative estimate of drug-likeness (QED) is 0.655. The topological polar surface area (TPSA) is 64.4 Å². The van der Waals surface area contributed by atoms with Crippen LogP contribution in [0.4, 0.5) is 0 Å². The number of nitrogens with zero attached hydrogens (tertiary/aromatic N) is 3. The molecule has 6 nitrogen and oxygen atoms in total. The van der Waals surface area contributed by atoms with E-state index in [1.165, 1.54) is 22.2 Å². The lowest BCUT2D eigenvalue weighted by Gasteiger charge is -2.35. The van der Waals surface area contributed by atoms with Gasteiger partial charge in [-0.2, -0.15) is 0 Å². The van der Waals surface area contributed by atoms with Crippen molar-refractivity contribution in [2.24, 2.45) is 0 Å². The summed E-state index contributed by atoms with van der Waals surface area (Å²) in [5, 5.41) is 3.09. The predicted octanol–water partition coefficient (Wildman–Crippen LogP) is 3.41. The van der Waals surface area contributed by atoms with E-state index >= 15 is 0 Å². The van der Waals surface area contributed by atoms with Gasteiger partial charge in [-0.3, -0.25) is 14.2 Å². The van der Waals surface area contributed by atoms with E-state index in [-0.39, 0.29) is 30.2 Å². The molecule has 2 aromatic heterocycles. The molecule has 1 aromatic carbocycles. The molecule has 1 saturated heterocycles. The second kappa shape index (κ2) is 7.66. The van der Waals surface area contributed by atoms with Gasteiger partial charge < -0.3 is 9.64 Å². The highest BCUT2D eigenvalue weighted by molar-refractivity contribution is 7.17. The molecule has 0 radical (unpaired) electrons. The highest BCUT2D eigenvalue weighted by Gasteiger charge is 2.26. The summed E-state index contributed by atoms with van der Waals surface area (Å²) in [6.45, 7) is 4.92. The summed E-state index contributed by atoms with van der Waals surface area (Å²) in [7, 11) is 0. The number of ether oxygens (including phenoxy) is 1. The average Bonchev–Trinajstić information content (AvgIpc) is 3.08. The fourth-order valence-electron chi connectivity index (χ4n) is 3.55. The average molecular weight is 418 g/mol. The SMILES string of the molecule is C[C@H]1CN(C(=O)Cn2cnc3scc(-c4ccc(Cl)cc4)c3c2=O)C[C@H](C)O1. The first-order valence-electron chi connectivity index (χ1n) is 9.08. The normalized spacial score (nSPS) is 19.9. The number of halogens is 1. The first-order valence-corrected chi connectivity index (χ1v) is 10.3. The van der Waals surface area contributed by atoms with Gasteiger partial charge in [0.15, 0.2) is 0 Å². The number of hydrogen-bond acceptors (Lipinski definition) is 5. The molecular formula is C20H20ClN3O3S. The molecule has 0 N–H and O–H groups in total. The van der Waals surface area contributed by atoms with Crippen molar-refractivity contribution in [3.8, 4) is 11.1 Å². The second-order valence-electron chi connectivity index (χ2n) is 7.07. The number of hydrogen-bond donors (Lipinski definition) is 0. The number of carbonyl (C=O) groups is 1. The maximum Gasteiger partial charge on any atom is 0.263 e. The Labute approximate surface area is 171 Å². The summed E-state index contributed by atoms with van der Waals surface area (Å²) >= 11 is 7.39. The molecule has 1 amide bonds. The molecule has 0 unspecified atom stereocenters. The molecule has 0 bridgehead atoms. The molecule has 146 valence electrons. The monoisotopic (exact) mass is 417 g/mol. The highest BCUT2D eigenvalue weighted by Crippen LogP contribution is 2.31. The van der Waals surface area contributed by atoms with E-state index in [0.29, 0.717) is 28.3 Å². The van der Waals surface area contributed by atoms with Crippen molar-refractivity contribution in [2.45, 2.75) is 32.6 Å². The number of amides is 1. The lowest BCUT2D eigenvalue weighted by Crippen LogP contribution is -2.49. The number of morpholine rings is 1. The first kappa shape index (κ1) is 19.1. The molecular weight excluding hydrogens is 398 g/mol. The van der Waals surface area contributed by atoms with Gasteiger partial charge in [0.2, 0.25) is 5.91 Å². The third-order valence-electron chi connectivity index (χ3n) is 4.79. The summed E-state index contributed by atoms with van der Waals surface area (Å²) in [5.74, 6) is -0.103. The minimum absolute atomic E-state index is 0.0154. The second-order valence-corrected chi connectivity index (χ2v) is 8.36. The zero-order chi connectivity index (χ0) is 19.8. The maximum absolute atomic E-state index is 13.1. The molecule has 4 rings (SSSR count). The Balaban J connectivity index is 1.66. The Kier molecular flexibility index (Phi) is 5.23. The Hall–Kier alpha value is -2.22. The molecule has 1 aliphatic rings. The third kappa shape index (κ3) is 3.70. The van der Waals surface area contributed by atoms with Crippen molar-refractivity contribution >= 4 is 39.1 Å². The van der Waals surface area contributed by atoms with E-state index in [0.717, 1.165) is 11.1 Å². The van der Waals surface area contributed by atoms with Gasteiger partial charge in [-0.05, 0) is 31.5 Å². The summed E-state index contributed by atoms with van der Waals surface area (Å²) < 4.78 is 7.07. The van der Waals surface area contributed by atoms with E-state index < -0.39 is 0 Å². The van der Waals surface area contributed by atoms with Gasteiger partial charge in [0, 0.05) is 29.1 Å². The van der Waals surface area contributed by atoms with E-state index in [2.05, 4.69) is 4.98 Å². The minimum atomic E-state index is -0.209. The minimum Gasteiger partial charge on any atom is -0.372 e. The Morgan fingerprint density at radius 2 is 1.93 bits per heavy atom. The van der Waals surface area contributed by atoms with Crippen LogP contribution < -0.4 is 5.56 Å². The van der Waals surface area contributed by atoms with Crippen molar-refractivity contribution in [1.82, 2.24) is 14.5 Å². The molecule has 1 fully saturated rings. The number of aromatic nitrogens is 2. The van der Waals surface area contributed by atoms with Gasteiger partial charge in [-0.1, -0.05) is 23.7 Å². The number of rotatable bonds is 3. The Morgan fingerprint density at radius 3 is 2.61 bits per heavy atom. The van der Waals surface area contributed by atoms with Crippen LogP contribution in [0.15, 0.2) is 40.8 Å². The zero-order valence-electron chi connectivity index (χ0n) is 15.6. The van der Waals surface area contributed by atoms with Gasteiger partial charge in [0.1, 0.15) is 11.4 Å². The molecule has 1 aliphatic heterocycles. The number of fused-ring (bicyclic) bond motifs is 1. The first-order chi connectivity index (χ1) is 13.4. The van der Waals surface area contributed by atoms with Crippen LogP contribution in [0.1, 0.15) is 13.8 Å². The summed E-state index contributed by atoms with van der Waals surface area (Å²) in [6.07, 6.45) is 1.43. The molecule has 2 atom stereocenters. The van der Waals surface area contributed by atoms with Crippen LogP contribution in [-0.2, 0) is 16.1 Å². The molecule has 0 spiro atoms. The van der Waals surface area contributed by atoms with Gasteiger partial charge in [0.05, 0.1) is 23.9 Å². The maximum atomic E-state index is 13.1. The summed E-state index contributed by atoms with van der Waals surface area (Å²) in [4.78, 5) is 32.7. The van der Waals surface area contributed by atoms with Crippen molar-refractivity contribution in [3.63, 3.8) is 0 Å². The number of benzene rings is 1. The fraction of sp³-hybridized carbons (Fsp3) is 0.350. The molecule has 3 aromatic rings. The highest BCUT2D eigenvalue weighted by atomic mass is 35.5. The lowest BCUT2D eigenvalue weighted by atomic mass is 10.1.